The number of H-pyrrole nitrogens is 1. The van der Waals surface area contributed by atoms with Crippen LogP contribution in [0.4, 0.5) is 5.69 Å². The Morgan fingerprint density at radius 2 is 1.92 bits per heavy atom. The van der Waals surface area contributed by atoms with Crippen molar-refractivity contribution < 1.29 is 12.8 Å². The Morgan fingerprint density at radius 3 is 2.62 bits per heavy atom. The number of rotatable bonds is 4. The Bertz CT molecular complexity index is 1090. The molecule has 26 heavy (non-hydrogen) atoms. The molecule has 0 spiro atoms. The third kappa shape index (κ3) is 2.95. The number of aromatic amines is 1. The van der Waals surface area contributed by atoms with Crippen molar-refractivity contribution in [1.29, 1.82) is 0 Å². The maximum absolute atomic E-state index is 12.8. The number of aryl methyl sites for hydroxylation is 1. The van der Waals surface area contributed by atoms with Gasteiger partial charge in [-0.15, -0.1) is 11.3 Å². The number of fused-ring (bicyclic) bond motifs is 1. The van der Waals surface area contributed by atoms with Crippen LogP contribution in [-0.4, -0.2) is 43.9 Å². The van der Waals surface area contributed by atoms with Gasteiger partial charge in [0.15, 0.2) is 5.58 Å². The van der Waals surface area contributed by atoms with Crippen LogP contribution in [0.15, 0.2) is 43.8 Å². The molecule has 0 aliphatic carbocycles. The van der Waals surface area contributed by atoms with E-state index in [4.69, 9.17) is 4.42 Å². The Hall–Kier alpha value is -2.10. The molecule has 1 N–H and O–H groups in total. The van der Waals surface area contributed by atoms with Gasteiger partial charge in [0.05, 0.1) is 11.2 Å². The van der Waals surface area contributed by atoms with Gasteiger partial charge in [0.2, 0.25) is 0 Å². The number of hydrogen-bond acceptors (Lipinski definition) is 6. The van der Waals surface area contributed by atoms with E-state index in [1.165, 1.54) is 15.6 Å². The minimum atomic E-state index is -3.45. The van der Waals surface area contributed by atoms with Gasteiger partial charge in [0.25, 0.3) is 10.0 Å². The molecule has 138 valence electrons. The van der Waals surface area contributed by atoms with Gasteiger partial charge in [-0.2, -0.15) is 4.31 Å². The lowest BCUT2D eigenvalue weighted by Gasteiger charge is -2.35. The van der Waals surface area contributed by atoms with E-state index in [9.17, 15) is 13.2 Å². The van der Waals surface area contributed by atoms with Gasteiger partial charge in [0, 0.05) is 31.1 Å². The van der Waals surface area contributed by atoms with Crippen LogP contribution in [-0.2, 0) is 16.4 Å². The van der Waals surface area contributed by atoms with Gasteiger partial charge >= 0.3 is 5.76 Å². The quantitative estimate of drug-likeness (QED) is 0.735. The zero-order valence-corrected chi connectivity index (χ0v) is 15.9. The van der Waals surface area contributed by atoms with Crippen LogP contribution in [0.1, 0.15) is 11.8 Å². The van der Waals surface area contributed by atoms with Crippen LogP contribution in [0.5, 0.6) is 0 Å². The van der Waals surface area contributed by atoms with Crippen LogP contribution in [0, 0.1) is 0 Å². The van der Waals surface area contributed by atoms with E-state index in [2.05, 4.69) is 9.88 Å². The summed E-state index contributed by atoms with van der Waals surface area (Å²) in [5.74, 6) is -0.488. The van der Waals surface area contributed by atoms with Gasteiger partial charge in [-0.25, -0.2) is 13.2 Å². The van der Waals surface area contributed by atoms with Crippen molar-refractivity contribution in [2.24, 2.45) is 0 Å². The molecular weight excluding hydrogens is 374 g/mol. The van der Waals surface area contributed by atoms with Crippen molar-refractivity contribution in [3.05, 3.63) is 45.8 Å². The second-order valence-corrected chi connectivity index (χ2v) is 9.47. The number of oxazole rings is 1. The van der Waals surface area contributed by atoms with Crippen molar-refractivity contribution >= 4 is 38.1 Å². The third-order valence-electron chi connectivity index (χ3n) is 4.58. The second kappa shape index (κ2) is 6.57. The molecule has 0 amide bonds. The zero-order valence-electron chi connectivity index (χ0n) is 14.3. The lowest BCUT2D eigenvalue weighted by molar-refractivity contribution is 0.385. The highest BCUT2D eigenvalue weighted by Gasteiger charge is 2.30. The summed E-state index contributed by atoms with van der Waals surface area (Å²) in [7, 11) is -3.45. The fraction of sp³-hybridized carbons (Fsp3) is 0.353. The molecule has 2 aromatic heterocycles. The monoisotopic (exact) mass is 393 g/mol. The zero-order chi connectivity index (χ0) is 18.3. The van der Waals surface area contributed by atoms with E-state index >= 15 is 0 Å². The SMILES string of the molecule is CCc1ccc(S(=O)(=O)N2CCN(c3cccc4[nH]c(=O)oc34)CC2)s1. The number of anilines is 1. The molecule has 1 fully saturated rings. The Balaban J connectivity index is 1.54. The third-order valence-corrected chi connectivity index (χ3v) is 8.18. The summed E-state index contributed by atoms with van der Waals surface area (Å²) < 4.78 is 32.8. The smallest absolute Gasteiger partial charge is 0.406 e. The van der Waals surface area contributed by atoms with Gasteiger partial charge in [-0.1, -0.05) is 13.0 Å². The number of piperazine rings is 1. The summed E-state index contributed by atoms with van der Waals surface area (Å²) in [5, 5.41) is 0. The average Bonchev–Trinajstić information content (AvgIpc) is 3.27. The second-order valence-electron chi connectivity index (χ2n) is 6.13. The van der Waals surface area contributed by atoms with E-state index in [1.54, 1.807) is 12.1 Å². The van der Waals surface area contributed by atoms with Crippen LogP contribution < -0.4 is 10.7 Å². The van der Waals surface area contributed by atoms with Crippen LogP contribution in [0.2, 0.25) is 0 Å². The average molecular weight is 393 g/mol. The maximum atomic E-state index is 12.8. The molecule has 0 atom stereocenters. The molecule has 1 aliphatic heterocycles. The first-order valence-corrected chi connectivity index (χ1v) is 10.7. The van der Waals surface area contributed by atoms with Crippen molar-refractivity contribution in [1.82, 2.24) is 9.29 Å². The Labute approximate surface area is 154 Å². The van der Waals surface area contributed by atoms with Crippen molar-refractivity contribution in [2.45, 2.75) is 17.6 Å². The van der Waals surface area contributed by atoms with E-state index in [1.807, 2.05) is 25.1 Å². The summed E-state index contributed by atoms with van der Waals surface area (Å²) in [6.45, 7) is 3.89. The van der Waals surface area contributed by atoms with E-state index in [-0.39, 0.29) is 0 Å². The van der Waals surface area contributed by atoms with E-state index < -0.39 is 15.8 Å². The molecule has 0 radical (unpaired) electrons. The minimum absolute atomic E-state index is 0.396. The molecule has 0 bridgehead atoms. The topological polar surface area (TPSA) is 86.6 Å². The van der Waals surface area contributed by atoms with Gasteiger partial charge in [0.1, 0.15) is 4.21 Å². The van der Waals surface area contributed by atoms with Crippen LogP contribution in [0.25, 0.3) is 11.1 Å². The molecule has 1 saturated heterocycles. The fourth-order valence-corrected chi connectivity index (χ4v) is 6.06. The highest BCUT2D eigenvalue weighted by Crippen LogP contribution is 2.29. The molecule has 3 heterocycles. The van der Waals surface area contributed by atoms with Gasteiger partial charge in [-0.05, 0) is 30.7 Å². The molecular formula is C17H19N3O4S2. The molecule has 7 nitrogen and oxygen atoms in total. The molecule has 9 heteroatoms. The van der Waals surface area contributed by atoms with Crippen molar-refractivity contribution in [2.75, 3.05) is 31.1 Å². The van der Waals surface area contributed by atoms with Crippen LogP contribution >= 0.6 is 11.3 Å². The molecule has 1 aliphatic rings. The normalized spacial score (nSPS) is 16.4. The van der Waals surface area contributed by atoms with E-state index in [0.717, 1.165) is 17.0 Å². The van der Waals surface area contributed by atoms with E-state index in [0.29, 0.717) is 41.5 Å². The van der Waals surface area contributed by atoms with Crippen LogP contribution in [0.3, 0.4) is 0 Å². The highest BCUT2D eigenvalue weighted by atomic mass is 32.2. The van der Waals surface area contributed by atoms with Gasteiger partial charge in [-0.3, -0.25) is 4.98 Å². The summed E-state index contributed by atoms with van der Waals surface area (Å²) in [6.07, 6.45) is 0.833. The fourth-order valence-electron chi connectivity index (χ4n) is 3.19. The number of nitrogens with zero attached hydrogens (tertiary/aromatic N) is 2. The number of sulfonamides is 1. The van der Waals surface area contributed by atoms with Crippen molar-refractivity contribution in [3.8, 4) is 0 Å². The molecule has 4 rings (SSSR count). The lowest BCUT2D eigenvalue weighted by atomic mass is 10.2. The number of hydrogen-bond donors (Lipinski definition) is 1. The number of aromatic nitrogens is 1. The number of benzene rings is 1. The highest BCUT2D eigenvalue weighted by molar-refractivity contribution is 7.91. The predicted octanol–water partition coefficient (Wildman–Crippen LogP) is 2.26. The largest absolute Gasteiger partial charge is 0.417 e. The first-order valence-electron chi connectivity index (χ1n) is 8.44. The van der Waals surface area contributed by atoms with Crippen molar-refractivity contribution in [3.63, 3.8) is 0 Å². The summed E-state index contributed by atoms with van der Waals surface area (Å²) in [5.41, 5.74) is 1.97. The predicted molar refractivity (Wildman–Crippen MR) is 102 cm³/mol. The summed E-state index contributed by atoms with van der Waals surface area (Å²) >= 11 is 1.34. The Kier molecular flexibility index (Phi) is 4.37. The maximum Gasteiger partial charge on any atom is 0.417 e. The first-order chi connectivity index (χ1) is 12.5. The Morgan fingerprint density at radius 1 is 1.15 bits per heavy atom. The standard InChI is InChI=1S/C17H19N3O4S2/c1-2-12-6-7-15(25-12)26(22,23)20-10-8-19(9-11-20)14-5-3-4-13-16(14)24-17(21)18-13/h3-7H,2,8-11H2,1H3,(H,18,21). The number of para-hydroxylation sites is 1. The molecule has 0 unspecified atom stereocenters. The summed E-state index contributed by atoms with van der Waals surface area (Å²) in [4.78, 5) is 17.2. The number of nitrogens with one attached hydrogen (secondary N) is 1. The minimum Gasteiger partial charge on any atom is -0.406 e. The summed E-state index contributed by atoms with van der Waals surface area (Å²) in [6, 6.07) is 9.09. The first kappa shape index (κ1) is 17.3. The lowest BCUT2D eigenvalue weighted by Crippen LogP contribution is -2.48. The number of thiophene rings is 1. The molecule has 0 saturated carbocycles. The molecule has 1 aromatic carbocycles. The molecule has 3 aromatic rings. The van der Waals surface area contributed by atoms with Gasteiger partial charge < -0.3 is 9.32 Å².